The molecule has 0 saturated carbocycles. The Balaban J connectivity index is 1.47. The predicted molar refractivity (Wildman–Crippen MR) is 118 cm³/mol. The van der Waals surface area contributed by atoms with Gasteiger partial charge in [-0.05, 0) is 42.7 Å². The molecule has 0 saturated heterocycles. The van der Waals surface area contributed by atoms with Crippen LogP contribution in [0.5, 0.6) is 0 Å². The van der Waals surface area contributed by atoms with Crippen molar-refractivity contribution in [3.05, 3.63) is 59.7 Å². The SMILES string of the molecule is CC(C)c1ccc(NC(=O)CSC2=Nc3ccccc3C3=N[C@H](C)C(=O)N23)cc1. The summed E-state index contributed by atoms with van der Waals surface area (Å²) in [7, 11) is 0. The van der Waals surface area contributed by atoms with Gasteiger partial charge in [0.25, 0.3) is 5.91 Å². The number of hydrogen-bond donors (Lipinski definition) is 1. The molecule has 2 amide bonds. The largest absolute Gasteiger partial charge is 0.325 e. The zero-order valence-corrected chi connectivity index (χ0v) is 17.4. The van der Waals surface area contributed by atoms with Crippen molar-refractivity contribution in [1.82, 2.24) is 4.90 Å². The average molecular weight is 407 g/mol. The van der Waals surface area contributed by atoms with Crippen molar-refractivity contribution >= 4 is 46.0 Å². The van der Waals surface area contributed by atoms with Crippen molar-refractivity contribution in [3.8, 4) is 0 Å². The number of carbonyl (C=O) groups is 2. The Kier molecular flexibility index (Phi) is 5.24. The number of nitrogens with one attached hydrogen (secondary N) is 1. The van der Waals surface area contributed by atoms with E-state index >= 15 is 0 Å². The molecule has 6 nitrogen and oxygen atoms in total. The Morgan fingerprint density at radius 1 is 1.17 bits per heavy atom. The van der Waals surface area contributed by atoms with Gasteiger partial charge in [0, 0.05) is 11.3 Å². The van der Waals surface area contributed by atoms with E-state index in [1.807, 2.05) is 48.5 Å². The molecule has 0 fully saturated rings. The number of anilines is 1. The normalized spacial score (nSPS) is 17.6. The zero-order chi connectivity index (χ0) is 20.5. The summed E-state index contributed by atoms with van der Waals surface area (Å²) >= 11 is 1.24. The molecule has 0 spiro atoms. The Hall–Kier alpha value is -2.93. The van der Waals surface area contributed by atoms with Gasteiger partial charge < -0.3 is 5.32 Å². The van der Waals surface area contributed by atoms with E-state index in [1.165, 1.54) is 22.2 Å². The number of para-hydroxylation sites is 1. The molecule has 1 atom stereocenters. The van der Waals surface area contributed by atoms with Crippen LogP contribution in [0, 0.1) is 0 Å². The molecule has 148 valence electrons. The highest BCUT2D eigenvalue weighted by molar-refractivity contribution is 8.14. The minimum atomic E-state index is -0.449. The lowest BCUT2D eigenvalue weighted by molar-refractivity contribution is -0.124. The van der Waals surface area contributed by atoms with Gasteiger partial charge >= 0.3 is 0 Å². The third kappa shape index (κ3) is 3.82. The van der Waals surface area contributed by atoms with Gasteiger partial charge in [-0.3, -0.25) is 14.6 Å². The molecule has 2 heterocycles. The quantitative estimate of drug-likeness (QED) is 0.828. The first-order chi connectivity index (χ1) is 13.9. The van der Waals surface area contributed by atoms with Gasteiger partial charge in [-0.15, -0.1) is 0 Å². The standard InChI is InChI=1S/C22H22N4O2S/c1-13(2)15-8-10-16(11-9-15)24-19(27)12-29-22-25-18-7-5-4-6-17(18)20-23-14(3)21(28)26(20)22/h4-11,13-14H,12H2,1-3H3,(H,24,27)/t14-/m1/s1. The number of hydrogen-bond acceptors (Lipinski definition) is 5. The van der Waals surface area contributed by atoms with Crippen molar-refractivity contribution in [2.24, 2.45) is 9.98 Å². The second kappa shape index (κ2) is 7.83. The molecule has 4 rings (SSSR count). The molecule has 0 unspecified atom stereocenters. The van der Waals surface area contributed by atoms with Crippen LogP contribution < -0.4 is 5.32 Å². The minimum Gasteiger partial charge on any atom is -0.325 e. The minimum absolute atomic E-state index is 0.120. The van der Waals surface area contributed by atoms with Gasteiger partial charge in [0.2, 0.25) is 5.91 Å². The second-order valence-electron chi connectivity index (χ2n) is 7.33. The predicted octanol–water partition coefficient (Wildman–Crippen LogP) is 4.16. The van der Waals surface area contributed by atoms with Crippen molar-refractivity contribution in [2.45, 2.75) is 32.7 Å². The lowest BCUT2D eigenvalue weighted by Gasteiger charge is -2.25. The van der Waals surface area contributed by atoms with Crippen LogP contribution in [0.1, 0.15) is 37.8 Å². The fourth-order valence-corrected chi connectivity index (χ4v) is 4.05. The highest BCUT2D eigenvalue weighted by atomic mass is 32.2. The molecule has 7 heteroatoms. The van der Waals surface area contributed by atoms with Crippen LogP contribution in [-0.2, 0) is 9.59 Å². The maximum Gasteiger partial charge on any atom is 0.258 e. The van der Waals surface area contributed by atoms with Crippen molar-refractivity contribution < 1.29 is 9.59 Å². The van der Waals surface area contributed by atoms with E-state index in [4.69, 9.17) is 0 Å². The number of benzene rings is 2. The molecular weight excluding hydrogens is 384 g/mol. The maximum absolute atomic E-state index is 12.6. The Morgan fingerprint density at radius 3 is 2.62 bits per heavy atom. The number of rotatable bonds is 4. The third-order valence-electron chi connectivity index (χ3n) is 4.85. The summed E-state index contributed by atoms with van der Waals surface area (Å²) in [4.78, 5) is 35.7. The van der Waals surface area contributed by atoms with E-state index in [9.17, 15) is 9.59 Å². The second-order valence-corrected chi connectivity index (χ2v) is 8.27. The molecule has 2 aliphatic heterocycles. The third-order valence-corrected chi connectivity index (χ3v) is 5.79. The first kappa shape index (κ1) is 19.4. The number of amides is 2. The molecule has 0 aliphatic carbocycles. The van der Waals surface area contributed by atoms with E-state index in [2.05, 4.69) is 29.1 Å². The van der Waals surface area contributed by atoms with Crippen LogP contribution in [0.15, 0.2) is 58.5 Å². The van der Waals surface area contributed by atoms with E-state index < -0.39 is 6.04 Å². The average Bonchev–Trinajstić information content (AvgIpc) is 3.01. The number of carbonyl (C=O) groups excluding carboxylic acids is 2. The van der Waals surface area contributed by atoms with Crippen LogP contribution in [0.25, 0.3) is 0 Å². The van der Waals surface area contributed by atoms with Gasteiger partial charge in [0.05, 0.1) is 11.4 Å². The fourth-order valence-electron chi connectivity index (χ4n) is 3.25. The highest BCUT2D eigenvalue weighted by Crippen LogP contribution is 2.33. The Morgan fingerprint density at radius 2 is 1.90 bits per heavy atom. The van der Waals surface area contributed by atoms with E-state index in [0.29, 0.717) is 16.9 Å². The number of nitrogens with zero attached hydrogens (tertiary/aromatic N) is 3. The van der Waals surface area contributed by atoms with Crippen LogP contribution >= 0.6 is 11.8 Å². The smallest absolute Gasteiger partial charge is 0.258 e. The Labute approximate surface area is 174 Å². The molecule has 2 aliphatic rings. The van der Waals surface area contributed by atoms with Crippen molar-refractivity contribution in [2.75, 3.05) is 11.1 Å². The number of fused-ring (bicyclic) bond motifs is 3. The first-order valence-corrected chi connectivity index (χ1v) is 10.5. The molecule has 2 aromatic carbocycles. The van der Waals surface area contributed by atoms with E-state index in [1.54, 1.807) is 6.92 Å². The van der Waals surface area contributed by atoms with Crippen molar-refractivity contribution in [1.29, 1.82) is 0 Å². The number of amidine groups is 2. The molecule has 0 bridgehead atoms. The van der Waals surface area contributed by atoms with Gasteiger partial charge in [-0.25, -0.2) is 9.89 Å². The summed E-state index contributed by atoms with van der Waals surface area (Å²) in [6.45, 7) is 6.03. The summed E-state index contributed by atoms with van der Waals surface area (Å²) in [5.74, 6) is 0.940. The van der Waals surface area contributed by atoms with Gasteiger partial charge in [0.1, 0.15) is 11.9 Å². The summed E-state index contributed by atoms with van der Waals surface area (Å²) in [5.41, 5.74) is 3.57. The number of aliphatic imine (C=N–C) groups is 2. The summed E-state index contributed by atoms with van der Waals surface area (Å²) in [5, 5.41) is 3.39. The molecule has 0 radical (unpaired) electrons. The molecule has 2 aromatic rings. The van der Waals surface area contributed by atoms with Crippen LogP contribution in [0.2, 0.25) is 0 Å². The van der Waals surface area contributed by atoms with Gasteiger partial charge in [-0.1, -0.05) is 49.9 Å². The van der Waals surface area contributed by atoms with E-state index in [-0.39, 0.29) is 17.6 Å². The molecule has 0 aromatic heterocycles. The molecular formula is C22H22N4O2S. The summed E-state index contributed by atoms with van der Waals surface area (Å²) in [6, 6.07) is 15.0. The van der Waals surface area contributed by atoms with Crippen molar-refractivity contribution in [3.63, 3.8) is 0 Å². The monoisotopic (exact) mass is 406 g/mol. The molecule has 1 N–H and O–H groups in total. The summed E-state index contributed by atoms with van der Waals surface area (Å²) < 4.78 is 0. The van der Waals surface area contributed by atoms with Crippen LogP contribution in [-0.4, -0.2) is 39.5 Å². The lowest BCUT2D eigenvalue weighted by Crippen LogP contribution is -2.41. The number of thioether (sulfide) groups is 1. The van der Waals surface area contributed by atoms with Crippen LogP contribution in [0.3, 0.4) is 0 Å². The highest BCUT2D eigenvalue weighted by Gasteiger charge is 2.39. The maximum atomic E-state index is 12.6. The fraction of sp³-hybridized carbons (Fsp3) is 0.273. The van der Waals surface area contributed by atoms with E-state index in [0.717, 1.165) is 16.9 Å². The van der Waals surface area contributed by atoms with Gasteiger partial charge in [0.15, 0.2) is 5.17 Å². The topological polar surface area (TPSA) is 74.1 Å². The first-order valence-electron chi connectivity index (χ1n) is 9.56. The Bertz CT molecular complexity index is 1030. The zero-order valence-electron chi connectivity index (χ0n) is 16.5. The molecule has 29 heavy (non-hydrogen) atoms. The van der Waals surface area contributed by atoms with Gasteiger partial charge in [-0.2, -0.15) is 0 Å². The summed E-state index contributed by atoms with van der Waals surface area (Å²) in [6.07, 6.45) is 0. The van der Waals surface area contributed by atoms with Crippen LogP contribution in [0.4, 0.5) is 11.4 Å². The lowest BCUT2D eigenvalue weighted by atomic mass is 10.0.